The summed E-state index contributed by atoms with van der Waals surface area (Å²) in [6.45, 7) is 6.76. The van der Waals surface area contributed by atoms with Gasteiger partial charge in [-0.15, -0.1) is 10.2 Å². The Morgan fingerprint density at radius 2 is 1.86 bits per heavy atom. The number of hydrogen-bond donors (Lipinski definition) is 0. The number of nitrogens with zero attached hydrogens (tertiary/aromatic N) is 5. The van der Waals surface area contributed by atoms with Crippen molar-refractivity contribution in [3.05, 3.63) is 60.4 Å². The van der Waals surface area contributed by atoms with Crippen LogP contribution >= 0.6 is 11.8 Å². The van der Waals surface area contributed by atoms with Crippen LogP contribution in [0.3, 0.4) is 0 Å². The predicted octanol–water partition coefficient (Wildman–Crippen LogP) is 3.80. The van der Waals surface area contributed by atoms with Crippen molar-refractivity contribution in [1.29, 1.82) is 0 Å². The zero-order chi connectivity index (χ0) is 20.1. The van der Waals surface area contributed by atoms with Gasteiger partial charge in [0.05, 0.1) is 5.75 Å². The van der Waals surface area contributed by atoms with Crippen molar-refractivity contribution in [2.45, 2.75) is 38.0 Å². The molecule has 0 aliphatic rings. The molecule has 3 rings (SSSR count). The topological polar surface area (TPSA) is 63.9 Å². The molecule has 0 aliphatic carbocycles. The minimum atomic E-state index is -0.270. The average Bonchev–Trinajstić information content (AvgIpc) is 3.05. The second-order valence-corrected chi connectivity index (χ2v) is 8.47. The molecule has 1 amide bonds. The van der Waals surface area contributed by atoms with Crippen molar-refractivity contribution in [1.82, 2.24) is 24.6 Å². The lowest BCUT2D eigenvalue weighted by molar-refractivity contribution is -0.133. The molecule has 2 aromatic heterocycles. The third-order valence-corrected chi connectivity index (χ3v) is 5.38. The van der Waals surface area contributed by atoms with Gasteiger partial charge in [-0.2, -0.15) is 0 Å². The Hall–Kier alpha value is -2.67. The standard InChI is InChI=1S/C21H25N5OS/c1-21(2,3)26(14-16-9-6-5-7-10-16)18(27)15-28-20-24-23-19(25(20)4)17-11-8-12-22-13-17/h5-13H,14-15H2,1-4H3. The lowest BCUT2D eigenvalue weighted by Gasteiger charge is -2.36. The lowest BCUT2D eigenvalue weighted by atomic mass is 10.0. The monoisotopic (exact) mass is 395 g/mol. The zero-order valence-corrected chi connectivity index (χ0v) is 17.5. The highest BCUT2D eigenvalue weighted by Crippen LogP contribution is 2.24. The van der Waals surface area contributed by atoms with Gasteiger partial charge in [-0.1, -0.05) is 42.1 Å². The van der Waals surface area contributed by atoms with E-state index in [0.29, 0.717) is 17.5 Å². The van der Waals surface area contributed by atoms with E-state index in [4.69, 9.17) is 0 Å². The van der Waals surface area contributed by atoms with Crippen molar-refractivity contribution >= 4 is 17.7 Å². The maximum atomic E-state index is 13.0. The SMILES string of the molecule is Cn1c(SCC(=O)N(Cc2ccccc2)C(C)(C)C)nnc1-c1cccnc1. The van der Waals surface area contributed by atoms with Crippen LogP contribution in [0, 0.1) is 0 Å². The molecule has 0 atom stereocenters. The Balaban J connectivity index is 1.70. The summed E-state index contributed by atoms with van der Waals surface area (Å²) in [6, 6.07) is 13.9. The first-order valence-electron chi connectivity index (χ1n) is 9.13. The molecule has 1 aromatic carbocycles. The second kappa shape index (κ2) is 8.56. The Bertz CT molecular complexity index is 919. The van der Waals surface area contributed by atoms with Crippen LogP contribution in [0.25, 0.3) is 11.4 Å². The highest BCUT2D eigenvalue weighted by atomic mass is 32.2. The average molecular weight is 396 g/mol. The summed E-state index contributed by atoms with van der Waals surface area (Å²) in [4.78, 5) is 19.0. The maximum Gasteiger partial charge on any atom is 0.233 e. The molecule has 0 saturated carbocycles. The molecule has 0 N–H and O–H groups in total. The first kappa shape index (κ1) is 20.1. The van der Waals surface area contributed by atoms with Crippen LogP contribution in [-0.4, -0.2) is 41.8 Å². The van der Waals surface area contributed by atoms with E-state index in [-0.39, 0.29) is 11.4 Å². The first-order chi connectivity index (χ1) is 13.4. The van der Waals surface area contributed by atoms with Gasteiger partial charge in [0.25, 0.3) is 0 Å². The van der Waals surface area contributed by atoms with E-state index in [9.17, 15) is 4.79 Å². The predicted molar refractivity (Wildman–Crippen MR) is 112 cm³/mol. The lowest BCUT2D eigenvalue weighted by Crippen LogP contribution is -2.45. The maximum absolute atomic E-state index is 13.0. The molecule has 2 heterocycles. The first-order valence-corrected chi connectivity index (χ1v) is 10.1. The molecule has 0 radical (unpaired) electrons. The summed E-state index contributed by atoms with van der Waals surface area (Å²) >= 11 is 1.40. The Labute approximate surface area is 170 Å². The summed E-state index contributed by atoms with van der Waals surface area (Å²) < 4.78 is 1.90. The molecule has 3 aromatic rings. The van der Waals surface area contributed by atoms with E-state index >= 15 is 0 Å². The fourth-order valence-corrected chi connectivity index (χ4v) is 3.64. The van der Waals surface area contributed by atoms with Crippen LogP contribution in [0.2, 0.25) is 0 Å². The van der Waals surface area contributed by atoms with Crippen molar-refractivity contribution in [3.63, 3.8) is 0 Å². The van der Waals surface area contributed by atoms with Gasteiger partial charge in [0, 0.05) is 37.1 Å². The number of carbonyl (C=O) groups excluding carboxylic acids is 1. The number of rotatable bonds is 6. The van der Waals surface area contributed by atoms with Crippen molar-refractivity contribution in [2.24, 2.45) is 7.05 Å². The molecular weight excluding hydrogens is 370 g/mol. The molecule has 0 aliphatic heterocycles. The highest BCUT2D eigenvalue weighted by molar-refractivity contribution is 7.99. The van der Waals surface area contributed by atoms with Crippen LogP contribution in [0.1, 0.15) is 26.3 Å². The van der Waals surface area contributed by atoms with Gasteiger partial charge in [0.2, 0.25) is 5.91 Å². The third-order valence-electron chi connectivity index (χ3n) is 4.37. The molecule has 0 fully saturated rings. The fourth-order valence-electron chi connectivity index (χ4n) is 2.86. The summed E-state index contributed by atoms with van der Waals surface area (Å²) in [5.41, 5.74) is 1.75. The van der Waals surface area contributed by atoms with Gasteiger partial charge in [0.1, 0.15) is 0 Å². The number of aromatic nitrogens is 4. The van der Waals surface area contributed by atoms with E-state index in [1.54, 1.807) is 12.4 Å². The number of hydrogen-bond acceptors (Lipinski definition) is 5. The van der Waals surface area contributed by atoms with E-state index < -0.39 is 0 Å². The molecular formula is C21H25N5OS. The van der Waals surface area contributed by atoms with E-state index in [2.05, 4.69) is 36.0 Å². The summed E-state index contributed by atoms with van der Waals surface area (Å²) in [5, 5.41) is 9.21. The number of amides is 1. The quantitative estimate of drug-likeness (QED) is 0.594. The van der Waals surface area contributed by atoms with Crippen molar-refractivity contribution < 1.29 is 4.79 Å². The third kappa shape index (κ3) is 4.78. The van der Waals surface area contributed by atoms with Crippen LogP contribution < -0.4 is 0 Å². The smallest absolute Gasteiger partial charge is 0.233 e. The van der Waals surface area contributed by atoms with Gasteiger partial charge in [-0.3, -0.25) is 9.78 Å². The molecule has 7 heteroatoms. The van der Waals surface area contributed by atoms with E-state index in [1.807, 2.05) is 59.0 Å². The van der Waals surface area contributed by atoms with Gasteiger partial charge in [0.15, 0.2) is 11.0 Å². The molecule has 6 nitrogen and oxygen atoms in total. The van der Waals surface area contributed by atoms with Crippen LogP contribution in [0.4, 0.5) is 0 Å². The molecule has 0 bridgehead atoms. The minimum absolute atomic E-state index is 0.0762. The Morgan fingerprint density at radius 3 is 2.50 bits per heavy atom. The largest absolute Gasteiger partial charge is 0.333 e. The van der Waals surface area contributed by atoms with Gasteiger partial charge in [-0.05, 0) is 38.5 Å². The summed E-state index contributed by atoms with van der Waals surface area (Å²) in [5.74, 6) is 1.12. The van der Waals surface area contributed by atoms with Crippen LogP contribution in [0.5, 0.6) is 0 Å². The normalized spacial score (nSPS) is 11.4. The molecule has 0 unspecified atom stereocenters. The minimum Gasteiger partial charge on any atom is -0.333 e. The van der Waals surface area contributed by atoms with Crippen LogP contribution in [-0.2, 0) is 18.4 Å². The van der Waals surface area contributed by atoms with Crippen molar-refractivity contribution in [3.8, 4) is 11.4 Å². The Morgan fingerprint density at radius 1 is 1.11 bits per heavy atom. The Kier molecular flexibility index (Phi) is 6.14. The molecule has 146 valence electrons. The number of benzene rings is 1. The number of pyridine rings is 1. The second-order valence-electron chi connectivity index (χ2n) is 7.53. The van der Waals surface area contributed by atoms with Crippen LogP contribution in [0.15, 0.2) is 60.0 Å². The van der Waals surface area contributed by atoms with Gasteiger partial charge >= 0.3 is 0 Å². The van der Waals surface area contributed by atoms with Crippen molar-refractivity contribution in [2.75, 3.05) is 5.75 Å². The zero-order valence-electron chi connectivity index (χ0n) is 16.7. The number of thioether (sulfide) groups is 1. The summed E-state index contributed by atoms with van der Waals surface area (Å²) in [6.07, 6.45) is 3.48. The van der Waals surface area contributed by atoms with E-state index in [1.165, 1.54) is 11.8 Å². The molecule has 0 saturated heterocycles. The summed E-state index contributed by atoms with van der Waals surface area (Å²) in [7, 11) is 1.90. The number of carbonyl (C=O) groups is 1. The molecule has 28 heavy (non-hydrogen) atoms. The van der Waals surface area contributed by atoms with Gasteiger partial charge < -0.3 is 9.47 Å². The van der Waals surface area contributed by atoms with E-state index in [0.717, 1.165) is 17.0 Å². The van der Waals surface area contributed by atoms with Gasteiger partial charge in [-0.25, -0.2) is 0 Å². The fraction of sp³-hybridized carbons (Fsp3) is 0.333. The highest BCUT2D eigenvalue weighted by Gasteiger charge is 2.27. The molecule has 0 spiro atoms.